The fourth-order valence-electron chi connectivity index (χ4n) is 1.74. The molecular formula is C10H13N3. The van der Waals surface area contributed by atoms with Gasteiger partial charge in [-0.15, -0.1) is 0 Å². The van der Waals surface area contributed by atoms with Crippen LogP contribution in [0.25, 0.3) is 11.0 Å². The highest BCUT2D eigenvalue weighted by molar-refractivity contribution is 5.78. The van der Waals surface area contributed by atoms with Gasteiger partial charge in [-0.3, -0.25) is 0 Å². The fraction of sp³-hybridized carbons (Fsp3) is 0.400. The summed E-state index contributed by atoms with van der Waals surface area (Å²) in [7, 11) is 0. The summed E-state index contributed by atoms with van der Waals surface area (Å²) in [6.45, 7) is 4.32. The first-order valence-electron chi connectivity index (χ1n) is 4.68. The summed E-state index contributed by atoms with van der Waals surface area (Å²) < 4.78 is 0. The van der Waals surface area contributed by atoms with Gasteiger partial charge in [-0.2, -0.15) is 15.4 Å². The zero-order valence-electron chi connectivity index (χ0n) is 7.96. The van der Waals surface area contributed by atoms with Crippen LogP contribution in [0.15, 0.2) is 12.1 Å². The monoisotopic (exact) mass is 175 g/mol. The second kappa shape index (κ2) is 3.17. The third-order valence-corrected chi connectivity index (χ3v) is 2.43. The largest absolute Gasteiger partial charge is 0.197 e. The summed E-state index contributed by atoms with van der Waals surface area (Å²) in [6, 6.07) is 4.17. The van der Waals surface area contributed by atoms with Gasteiger partial charge in [0.05, 0.1) is 0 Å². The quantitative estimate of drug-likeness (QED) is 0.759. The van der Waals surface area contributed by atoms with Crippen molar-refractivity contribution in [2.75, 3.05) is 0 Å². The van der Waals surface area contributed by atoms with Crippen LogP contribution in [0.3, 0.4) is 0 Å². The molecule has 0 saturated carbocycles. The van der Waals surface area contributed by atoms with Gasteiger partial charge in [0.2, 0.25) is 0 Å². The van der Waals surface area contributed by atoms with Gasteiger partial charge in [0.25, 0.3) is 0 Å². The summed E-state index contributed by atoms with van der Waals surface area (Å²) in [5.41, 5.74) is 4.70. The molecule has 3 nitrogen and oxygen atoms in total. The average Bonchev–Trinajstić information content (AvgIpc) is 2.63. The molecule has 0 fully saturated rings. The van der Waals surface area contributed by atoms with Crippen LogP contribution in [-0.2, 0) is 12.8 Å². The number of benzene rings is 1. The van der Waals surface area contributed by atoms with Gasteiger partial charge in [-0.1, -0.05) is 19.9 Å². The average molecular weight is 175 g/mol. The third kappa shape index (κ3) is 1.20. The maximum atomic E-state index is 4.16. The van der Waals surface area contributed by atoms with E-state index in [1.165, 1.54) is 11.1 Å². The maximum absolute atomic E-state index is 4.16. The van der Waals surface area contributed by atoms with E-state index in [4.69, 9.17) is 0 Å². The zero-order chi connectivity index (χ0) is 9.26. The zero-order valence-corrected chi connectivity index (χ0v) is 7.96. The minimum atomic E-state index is 0.967. The van der Waals surface area contributed by atoms with Gasteiger partial charge in [0.15, 0.2) is 0 Å². The van der Waals surface area contributed by atoms with E-state index in [1.54, 1.807) is 0 Å². The van der Waals surface area contributed by atoms with Crippen LogP contribution in [0.5, 0.6) is 0 Å². The van der Waals surface area contributed by atoms with Crippen molar-refractivity contribution in [1.29, 1.82) is 0 Å². The molecule has 1 aromatic carbocycles. The summed E-state index contributed by atoms with van der Waals surface area (Å²) in [5.74, 6) is 0. The first kappa shape index (κ1) is 8.23. The normalized spacial score (nSPS) is 10.9. The molecule has 2 rings (SSSR count). The molecule has 0 radical (unpaired) electrons. The molecule has 0 amide bonds. The molecule has 0 unspecified atom stereocenters. The molecular weight excluding hydrogens is 162 g/mol. The Morgan fingerprint density at radius 2 is 2.00 bits per heavy atom. The number of rotatable bonds is 2. The van der Waals surface area contributed by atoms with E-state index in [9.17, 15) is 0 Å². The number of aromatic nitrogens is 3. The lowest BCUT2D eigenvalue weighted by atomic mass is 10.0. The van der Waals surface area contributed by atoms with Crippen molar-refractivity contribution in [3.63, 3.8) is 0 Å². The number of nitrogens with one attached hydrogen (secondary N) is 1. The van der Waals surface area contributed by atoms with Crippen molar-refractivity contribution in [3.8, 4) is 0 Å². The molecule has 13 heavy (non-hydrogen) atoms. The second-order valence-corrected chi connectivity index (χ2v) is 3.10. The molecule has 0 atom stereocenters. The molecule has 1 N–H and O–H groups in total. The van der Waals surface area contributed by atoms with Gasteiger partial charge < -0.3 is 0 Å². The van der Waals surface area contributed by atoms with E-state index in [0.29, 0.717) is 0 Å². The predicted molar refractivity (Wildman–Crippen MR) is 52.6 cm³/mol. The van der Waals surface area contributed by atoms with E-state index in [-0.39, 0.29) is 0 Å². The number of H-pyrrole nitrogens is 1. The molecule has 0 aliphatic heterocycles. The predicted octanol–water partition coefficient (Wildman–Crippen LogP) is 2.08. The van der Waals surface area contributed by atoms with Crippen molar-refractivity contribution >= 4 is 11.0 Å². The van der Waals surface area contributed by atoms with Gasteiger partial charge in [0.1, 0.15) is 11.0 Å². The van der Waals surface area contributed by atoms with Crippen LogP contribution < -0.4 is 0 Å². The van der Waals surface area contributed by atoms with Crippen LogP contribution in [0.1, 0.15) is 25.0 Å². The Balaban J connectivity index is 2.74. The standard InChI is InChI=1S/C10H13N3/c1-3-7-5-6-9-10(8(7)4-2)12-13-11-9/h5-6H,3-4H2,1-2H3,(H,11,12,13). The number of aromatic amines is 1. The Kier molecular flexibility index (Phi) is 2.00. The molecule has 2 aromatic rings. The molecule has 0 spiro atoms. The maximum Gasteiger partial charge on any atom is 0.116 e. The molecule has 0 aliphatic rings. The van der Waals surface area contributed by atoms with Gasteiger partial charge >= 0.3 is 0 Å². The summed E-state index contributed by atoms with van der Waals surface area (Å²) in [4.78, 5) is 0. The molecule has 3 heteroatoms. The Morgan fingerprint density at radius 1 is 1.15 bits per heavy atom. The van der Waals surface area contributed by atoms with Crippen LogP contribution in [0.4, 0.5) is 0 Å². The number of fused-ring (bicyclic) bond motifs is 1. The number of hydrogen-bond acceptors (Lipinski definition) is 2. The van der Waals surface area contributed by atoms with E-state index in [2.05, 4.69) is 35.3 Å². The molecule has 1 heterocycles. The number of aryl methyl sites for hydroxylation is 2. The summed E-state index contributed by atoms with van der Waals surface area (Å²) in [6.07, 6.45) is 2.08. The highest BCUT2D eigenvalue weighted by Crippen LogP contribution is 2.19. The molecule has 0 aliphatic carbocycles. The summed E-state index contributed by atoms with van der Waals surface area (Å²) in [5, 5.41) is 10.9. The Hall–Kier alpha value is -1.38. The van der Waals surface area contributed by atoms with Gasteiger partial charge in [-0.05, 0) is 30.0 Å². The van der Waals surface area contributed by atoms with Gasteiger partial charge in [-0.25, -0.2) is 0 Å². The number of nitrogens with zero attached hydrogens (tertiary/aromatic N) is 2. The van der Waals surface area contributed by atoms with E-state index in [0.717, 1.165) is 23.9 Å². The van der Waals surface area contributed by atoms with Crippen LogP contribution >= 0.6 is 0 Å². The highest BCUT2D eigenvalue weighted by Gasteiger charge is 2.07. The van der Waals surface area contributed by atoms with Crippen molar-refractivity contribution in [3.05, 3.63) is 23.3 Å². The highest BCUT2D eigenvalue weighted by atomic mass is 15.3. The van der Waals surface area contributed by atoms with Gasteiger partial charge in [0, 0.05) is 0 Å². The van der Waals surface area contributed by atoms with E-state index >= 15 is 0 Å². The first-order chi connectivity index (χ1) is 6.36. The van der Waals surface area contributed by atoms with E-state index in [1.807, 2.05) is 6.07 Å². The lowest BCUT2D eigenvalue weighted by Gasteiger charge is -2.04. The molecule has 0 saturated heterocycles. The van der Waals surface area contributed by atoms with Crippen LogP contribution in [0.2, 0.25) is 0 Å². The Morgan fingerprint density at radius 3 is 2.69 bits per heavy atom. The minimum Gasteiger partial charge on any atom is -0.197 e. The fourth-order valence-corrected chi connectivity index (χ4v) is 1.74. The van der Waals surface area contributed by atoms with Crippen molar-refractivity contribution in [1.82, 2.24) is 15.4 Å². The molecule has 0 bridgehead atoms. The van der Waals surface area contributed by atoms with E-state index < -0.39 is 0 Å². The van der Waals surface area contributed by atoms with Crippen molar-refractivity contribution < 1.29 is 0 Å². The topological polar surface area (TPSA) is 41.6 Å². The van der Waals surface area contributed by atoms with Crippen LogP contribution in [-0.4, -0.2) is 15.4 Å². The molecule has 1 aromatic heterocycles. The molecule has 68 valence electrons. The SMILES string of the molecule is CCc1ccc2n[nH]nc2c1CC. The third-order valence-electron chi connectivity index (χ3n) is 2.43. The minimum absolute atomic E-state index is 0.967. The van der Waals surface area contributed by atoms with Crippen molar-refractivity contribution in [2.24, 2.45) is 0 Å². The lowest BCUT2D eigenvalue weighted by Crippen LogP contribution is -1.92. The Labute approximate surface area is 77.2 Å². The number of hydrogen-bond donors (Lipinski definition) is 1. The van der Waals surface area contributed by atoms with Crippen molar-refractivity contribution in [2.45, 2.75) is 26.7 Å². The lowest BCUT2D eigenvalue weighted by molar-refractivity contribution is 0.954. The van der Waals surface area contributed by atoms with Crippen LogP contribution in [0, 0.1) is 0 Å². The second-order valence-electron chi connectivity index (χ2n) is 3.10. The smallest absolute Gasteiger partial charge is 0.116 e. The summed E-state index contributed by atoms with van der Waals surface area (Å²) >= 11 is 0. The first-order valence-corrected chi connectivity index (χ1v) is 4.68. The Bertz CT molecular complexity index is 417.